The maximum atomic E-state index is 12.1. The molecule has 0 atom stereocenters. The molecule has 1 aliphatic carbocycles. The predicted octanol–water partition coefficient (Wildman–Crippen LogP) is 1.83. The number of carbonyl (C=O) groups is 1. The third-order valence-electron chi connectivity index (χ3n) is 3.67. The molecule has 1 fully saturated rings. The molecule has 1 aromatic rings. The summed E-state index contributed by atoms with van der Waals surface area (Å²) < 4.78 is 5.43. The highest BCUT2D eigenvalue weighted by Gasteiger charge is 2.22. The van der Waals surface area contributed by atoms with Crippen LogP contribution in [0.25, 0.3) is 0 Å². The van der Waals surface area contributed by atoms with Gasteiger partial charge in [-0.25, -0.2) is 4.98 Å². The first kappa shape index (κ1) is 13.6. The van der Waals surface area contributed by atoms with Crippen molar-refractivity contribution in [2.45, 2.75) is 38.1 Å². The standard InChI is InChI=1S/C14H21N3O2/c1-17(11-6-3-2-4-7-11)13(18)10-19-12-8-5-9-16-14(12)15/h5,8-9,11H,2-4,6-7,10H2,1H3,(H2,15,16). The number of rotatable bonds is 4. The summed E-state index contributed by atoms with van der Waals surface area (Å²) in [6, 6.07) is 3.81. The molecule has 0 radical (unpaired) electrons. The van der Waals surface area contributed by atoms with Gasteiger partial charge >= 0.3 is 0 Å². The van der Waals surface area contributed by atoms with Crippen LogP contribution in [0.2, 0.25) is 0 Å². The predicted molar refractivity (Wildman–Crippen MR) is 73.8 cm³/mol. The van der Waals surface area contributed by atoms with Crippen LogP contribution in [0.4, 0.5) is 5.82 Å². The number of pyridine rings is 1. The van der Waals surface area contributed by atoms with Gasteiger partial charge in [-0.3, -0.25) is 4.79 Å². The second-order valence-corrected chi connectivity index (χ2v) is 4.97. The van der Waals surface area contributed by atoms with Gasteiger partial charge in [-0.1, -0.05) is 19.3 Å². The lowest BCUT2D eigenvalue weighted by atomic mass is 9.94. The monoisotopic (exact) mass is 263 g/mol. The highest BCUT2D eigenvalue weighted by atomic mass is 16.5. The summed E-state index contributed by atoms with van der Waals surface area (Å²) >= 11 is 0. The number of nitrogens with zero attached hydrogens (tertiary/aromatic N) is 2. The Morgan fingerprint density at radius 2 is 2.21 bits per heavy atom. The molecule has 1 aliphatic rings. The van der Waals surface area contributed by atoms with Crippen molar-refractivity contribution < 1.29 is 9.53 Å². The Kier molecular flexibility index (Phi) is 4.60. The third kappa shape index (κ3) is 3.59. The molecule has 5 heteroatoms. The summed E-state index contributed by atoms with van der Waals surface area (Å²) in [7, 11) is 1.86. The molecule has 104 valence electrons. The second kappa shape index (κ2) is 6.41. The van der Waals surface area contributed by atoms with Crippen LogP contribution in [0.5, 0.6) is 5.75 Å². The molecule has 0 saturated heterocycles. The zero-order valence-corrected chi connectivity index (χ0v) is 11.3. The van der Waals surface area contributed by atoms with Gasteiger partial charge < -0.3 is 15.4 Å². The second-order valence-electron chi connectivity index (χ2n) is 4.97. The van der Waals surface area contributed by atoms with Gasteiger partial charge in [0.1, 0.15) is 0 Å². The van der Waals surface area contributed by atoms with E-state index in [2.05, 4.69) is 4.98 Å². The van der Waals surface area contributed by atoms with Crippen molar-refractivity contribution >= 4 is 11.7 Å². The molecule has 1 amide bonds. The molecule has 5 nitrogen and oxygen atoms in total. The number of carbonyl (C=O) groups excluding carboxylic acids is 1. The first-order chi connectivity index (χ1) is 9.18. The summed E-state index contributed by atoms with van der Waals surface area (Å²) in [6.07, 6.45) is 7.48. The largest absolute Gasteiger partial charge is 0.480 e. The molecule has 0 aliphatic heterocycles. The topological polar surface area (TPSA) is 68.5 Å². The Hall–Kier alpha value is -1.78. The lowest BCUT2D eigenvalue weighted by Gasteiger charge is -2.31. The van der Waals surface area contributed by atoms with Crippen molar-refractivity contribution in [3.05, 3.63) is 18.3 Å². The fourth-order valence-corrected chi connectivity index (χ4v) is 2.44. The van der Waals surface area contributed by atoms with Crippen LogP contribution in [-0.4, -0.2) is 35.5 Å². The van der Waals surface area contributed by atoms with Gasteiger partial charge in [0.15, 0.2) is 18.2 Å². The smallest absolute Gasteiger partial charge is 0.260 e. The molecule has 1 saturated carbocycles. The van der Waals surface area contributed by atoms with Gasteiger partial charge in [0.05, 0.1) is 0 Å². The summed E-state index contributed by atoms with van der Waals surface area (Å²) in [5, 5.41) is 0. The van der Waals surface area contributed by atoms with Crippen LogP contribution in [0.1, 0.15) is 32.1 Å². The number of nitrogen functional groups attached to an aromatic ring is 1. The summed E-state index contributed by atoms with van der Waals surface area (Å²) in [4.78, 5) is 17.8. The minimum absolute atomic E-state index is 0.00449. The summed E-state index contributed by atoms with van der Waals surface area (Å²) in [5.74, 6) is 0.777. The van der Waals surface area contributed by atoms with Crippen LogP contribution in [-0.2, 0) is 4.79 Å². The van der Waals surface area contributed by atoms with E-state index < -0.39 is 0 Å². The van der Waals surface area contributed by atoms with Crippen molar-refractivity contribution in [1.82, 2.24) is 9.88 Å². The Morgan fingerprint density at radius 3 is 2.89 bits per heavy atom. The van der Waals surface area contributed by atoms with E-state index in [4.69, 9.17) is 10.5 Å². The summed E-state index contributed by atoms with van der Waals surface area (Å²) in [5.41, 5.74) is 5.66. The molecule has 0 bridgehead atoms. The number of likely N-dealkylation sites (N-methyl/N-ethyl adjacent to an activating group) is 1. The van der Waals surface area contributed by atoms with E-state index >= 15 is 0 Å². The average Bonchev–Trinajstić information content (AvgIpc) is 2.46. The van der Waals surface area contributed by atoms with Gasteiger partial charge in [-0.05, 0) is 25.0 Å². The molecule has 0 spiro atoms. The number of anilines is 1. The lowest BCUT2D eigenvalue weighted by molar-refractivity contribution is -0.134. The molecule has 19 heavy (non-hydrogen) atoms. The third-order valence-corrected chi connectivity index (χ3v) is 3.67. The molecule has 2 rings (SSSR count). The van der Waals surface area contributed by atoms with Crippen LogP contribution in [0.3, 0.4) is 0 Å². The molecular formula is C14H21N3O2. The van der Waals surface area contributed by atoms with Crippen molar-refractivity contribution in [1.29, 1.82) is 0 Å². The fraction of sp³-hybridized carbons (Fsp3) is 0.571. The Morgan fingerprint density at radius 1 is 1.47 bits per heavy atom. The Balaban J connectivity index is 1.85. The number of hydrogen-bond donors (Lipinski definition) is 1. The summed E-state index contributed by atoms with van der Waals surface area (Å²) in [6.45, 7) is 0.0168. The normalized spacial score (nSPS) is 16.1. The highest BCUT2D eigenvalue weighted by molar-refractivity contribution is 5.78. The highest BCUT2D eigenvalue weighted by Crippen LogP contribution is 2.22. The van der Waals surface area contributed by atoms with E-state index in [9.17, 15) is 4.79 Å². The van der Waals surface area contributed by atoms with Crippen molar-refractivity contribution in [2.75, 3.05) is 19.4 Å². The zero-order chi connectivity index (χ0) is 13.7. The van der Waals surface area contributed by atoms with Gasteiger partial charge in [-0.2, -0.15) is 0 Å². The fourth-order valence-electron chi connectivity index (χ4n) is 2.44. The lowest BCUT2D eigenvalue weighted by Crippen LogP contribution is -2.40. The number of ether oxygens (including phenoxy) is 1. The van der Waals surface area contributed by atoms with E-state index in [0.29, 0.717) is 17.6 Å². The maximum absolute atomic E-state index is 12.1. The number of hydrogen-bond acceptors (Lipinski definition) is 4. The number of nitrogens with two attached hydrogens (primary N) is 1. The molecule has 0 unspecified atom stereocenters. The van der Waals surface area contributed by atoms with Gasteiger partial charge in [-0.15, -0.1) is 0 Å². The van der Waals surface area contributed by atoms with Crippen molar-refractivity contribution in [3.63, 3.8) is 0 Å². The molecule has 2 N–H and O–H groups in total. The SMILES string of the molecule is CN(C(=O)COc1cccnc1N)C1CCCCC1. The first-order valence-corrected chi connectivity index (χ1v) is 6.77. The first-order valence-electron chi connectivity index (χ1n) is 6.77. The Labute approximate surface area is 113 Å². The minimum atomic E-state index is -0.00449. The Bertz CT molecular complexity index is 430. The molecule has 1 aromatic heterocycles. The molecule has 0 aromatic carbocycles. The van der Waals surface area contributed by atoms with E-state index in [-0.39, 0.29) is 12.5 Å². The van der Waals surface area contributed by atoms with Gasteiger partial charge in [0.2, 0.25) is 0 Å². The van der Waals surface area contributed by atoms with Gasteiger partial charge in [0.25, 0.3) is 5.91 Å². The molecular weight excluding hydrogens is 242 g/mol. The van der Waals surface area contributed by atoms with Crippen LogP contribution in [0.15, 0.2) is 18.3 Å². The molecule has 1 heterocycles. The maximum Gasteiger partial charge on any atom is 0.260 e. The minimum Gasteiger partial charge on any atom is -0.480 e. The number of amides is 1. The van der Waals surface area contributed by atoms with Crippen LogP contribution in [0, 0.1) is 0 Å². The van der Waals surface area contributed by atoms with Crippen molar-refractivity contribution in [2.24, 2.45) is 0 Å². The van der Waals surface area contributed by atoms with Crippen LogP contribution >= 0.6 is 0 Å². The van der Waals surface area contributed by atoms with E-state index in [1.165, 1.54) is 19.3 Å². The van der Waals surface area contributed by atoms with E-state index in [1.54, 1.807) is 18.3 Å². The quantitative estimate of drug-likeness (QED) is 0.900. The number of aromatic nitrogens is 1. The van der Waals surface area contributed by atoms with Gasteiger partial charge in [0, 0.05) is 19.3 Å². The van der Waals surface area contributed by atoms with E-state index in [0.717, 1.165) is 12.8 Å². The average molecular weight is 263 g/mol. The van der Waals surface area contributed by atoms with Crippen LogP contribution < -0.4 is 10.5 Å². The van der Waals surface area contributed by atoms with Crippen molar-refractivity contribution in [3.8, 4) is 5.75 Å². The van der Waals surface area contributed by atoms with E-state index in [1.807, 2.05) is 11.9 Å². The zero-order valence-electron chi connectivity index (χ0n) is 11.3.